The summed E-state index contributed by atoms with van der Waals surface area (Å²) >= 11 is 3.62. The molecule has 0 aliphatic rings. The first kappa shape index (κ1) is 15.2. The summed E-state index contributed by atoms with van der Waals surface area (Å²) in [6.07, 6.45) is 3.40. The van der Waals surface area contributed by atoms with Crippen LogP contribution in [0.15, 0.2) is 28.9 Å². The number of hydrogen-bond acceptors (Lipinski definition) is 4. The van der Waals surface area contributed by atoms with Crippen LogP contribution in [0.4, 0.5) is 0 Å². The average Bonchev–Trinajstić information content (AvgIpc) is 2.75. The van der Waals surface area contributed by atoms with Gasteiger partial charge in [0.15, 0.2) is 0 Å². The molecule has 20 heavy (non-hydrogen) atoms. The fourth-order valence-electron chi connectivity index (χ4n) is 2.26. The minimum absolute atomic E-state index is 0.127. The van der Waals surface area contributed by atoms with Crippen molar-refractivity contribution in [2.45, 2.75) is 39.3 Å². The molecule has 1 atom stereocenters. The molecule has 0 aliphatic heterocycles. The second-order valence-electron chi connectivity index (χ2n) is 4.75. The number of nitrogens with zero attached hydrogens (tertiary/aromatic N) is 3. The van der Waals surface area contributed by atoms with E-state index in [0.717, 1.165) is 35.2 Å². The van der Waals surface area contributed by atoms with Gasteiger partial charge in [-0.1, -0.05) is 6.07 Å². The van der Waals surface area contributed by atoms with Gasteiger partial charge in [0.1, 0.15) is 0 Å². The van der Waals surface area contributed by atoms with Gasteiger partial charge < -0.3 is 0 Å². The lowest BCUT2D eigenvalue weighted by Gasteiger charge is -2.16. The predicted molar refractivity (Wildman–Crippen MR) is 83.1 cm³/mol. The highest BCUT2D eigenvalue weighted by Gasteiger charge is 2.17. The van der Waals surface area contributed by atoms with Gasteiger partial charge in [-0.05, 0) is 41.9 Å². The molecule has 2 aromatic rings. The van der Waals surface area contributed by atoms with E-state index in [2.05, 4.69) is 38.4 Å². The van der Waals surface area contributed by atoms with E-state index >= 15 is 0 Å². The van der Waals surface area contributed by atoms with E-state index in [0.29, 0.717) is 0 Å². The smallest absolute Gasteiger partial charge is 0.0738 e. The SMILES string of the molecule is CCn1nc(C)c(Br)c1CC(Cc1ccccn1)NN. The maximum Gasteiger partial charge on any atom is 0.0738 e. The topological polar surface area (TPSA) is 68.8 Å². The third kappa shape index (κ3) is 3.45. The zero-order chi connectivity index (χ0) is 14.5. The lowest BCUT2D eigenvalue weighted by molar-refractivity contribution is 0.491. The molecule has 0 saturated carbocycles. The van der Waals surface area contributed by atoms with E-state index in [1.54, 1.807) is 6.20 Å². The summed E-state index contributed by atoms with van der Waals surface area (Å²) in [7, 11) is 0. The van der Waals surface area contributed by atoms with Crippen molar-refractivity contribution in [3.05, 3.63) is 46.0 Å². The van der Waals surface area contributed by atoms with Crippen molar-refractivity contribution in [2.24, 2.45) is 5.84 Å². The fourth-order valence-corrected chi connectivity index (χ4v) is 2.70. The van der Waals surface area contributed by atoms with Gasteiger partial charge in [-0.15, -0.1) is 0 Å². The Morgan fingerprint density at radius 2 is 2.20 bits per heavy atom. The summed E-state index contributed by atoms with van der Waals surface area (Å²) in [6.45, 7) is 4.94. The van der Waals surface area contributed by atoms with Crippen LogP contribution in [0.25, 0.3) is 0 Å². The van der Waals surface area contributed by atoms with Gasteiger partial charge in [0.2, 0.25) is 0 Å². The van der Waals surface area contributed by atoms with Crippen LogP contribution >= 0.6 is 15.9 Å². The first-order valence-electron chi connectivity index (χ1n) is 6.73. The quantitative estimate of drug-likeness (QED) is 0.624. The Morgan fingerprint density at radius 3 is 2.80 bits per heavy atom. The van der Waals surface area contributed by atoms with E-state index < -0.39 is 0 Å². The summed E-state index contributed by atoms with van der Waals surface area (Å²) < 4.78 is 3.09. The summed E-state index contributed by atoms with van der Waals surface area (Å²) in [5.74, 6) is 5.69. The third-order valence-corrected chi connectivity index (χ3v) is 4.34. The number of hydrazine groups is 1. The molecule has 6 heteroatoms. The van der Waals surface area contributed by atoms with Crippen molar-refractivity contribution in [3.63, 3.8) is 0 Å². The predicted octanol–water partition coefficient (Wildman–Crippen LogP) is 1.99. The Morgan fingerprint density at radius 1 is 1.40 bits per heavy atom. The summed E-state index contributed by atoms with van der Waals surface area (Å²) in [5.41, 5.74) is 6.10. The maximum absolute atomic E-state index is 5.69. The summed E-state index contributed by atoms with van der Waals surface area (Å²) in [4.78, 5) is 4.35. The third-order valence-electron chi connectivity index (χ3n) is 3.31. The first-order valence-corrected chi connectivity index (χ1v) is 7.52. The number of rotatable bonds is 6. The summed E-state index contributed by atoms with van der Waals surface area (Å²) in [6, 6.07) is 6.05. The standard InChI is InChI=1S/C14H20BrN5/c1-3-20-13(14(15)10(2)19-20)9-12(18-16)8-11-6-4-5-7-17-11/h4-7,12,18H,3,8-9,16H2,1-2H3. The van der Waals surface area contributed by atoms with Crippen LogP contribution in [0, 0.1) is 6.92 Å². The Bertz CT molecular complexity index is 552. The number of nitrogens with two attached hydrogens (primary N) is 1. The van der Waals surface area contributed by atoms with Gasteiger partial charge in [0.25, 0.3) is 0 Å². The highest BCUT2D eigenvalue weighted by Crippen LogP contribution is 2.22. The number of nitrogens with one attached hydrogen (secondary N) is 1. The van der Waals surface area contributed by atoms with E-state index in [9.17, 15) is 0 Å². The maximum atomic E-state index is 5.69. The number of aromatic nitrogens is 3. The lowest BCUT2D eigenvalue weighted by atomic mass is 10.1. The normalized spacial score (nSPS) is 12.6. The highest BCUT2D eigenvalue weighted by atomic mass is 79.9. The molecule has 0 aromatic carbocycles. The molecule has 1 unspecified atom stereocenters. The average molecular weight is 338 g/mol. The molecule has 0 aliphatic carbocycles. The second-order valence-corrected chi connectivity index (χ2v) is 5.55. The fraction of sp³-hybridized carbons (Fsp3) is 0.429. The number of halogens is 1. The molecule has 0 fully saturated rings. The van der Waals surface area contributed by atoms with Gasteiger partial charge in [-0.2, -0.15) is 5.10 Å². The van der Waals surface area contributed by atoms with E-state index in [1.165, 1.54) is 5.69 Å². The molecule has 2 rings (SSSR count). The van der Waals surface area contributed by atoms with Gasteiger partial charge in [-0.25, -0.2) is 0 Å². The molecule has 0 amide bonds. The van der Waals surface area contributed by atoms with Crippen molar-refractivity contribution in [2.75, 3.05) is 0 Å². The molecule has 0 radical (unpaired) electrons. The van der Waals surface area contributed by atoms with Crippen LogP contribution in [-0.4, -0.2) is 20.8 Å². The molecular weight excluding hydrogens is 318 g/mol. The van der Waals surface area contributed by atoms with Crippen LogP contribution < -0.4 is 11.3 Å². The number of hydrogen-bond donors (Lipinski definition) is 2. The van der Waals surface area contributed by atoms with Crippen molar-refractivity contribution in [3.8, 4) is 0 Å². The number of pyridine rings is 1. The Kier molecular flexibility index (Phi) is 5.28. The Hall–Kier alpha value is -1.24. The molecule has 3 N–H and O–H groups in total. The molecule has 5 nitrogen and oxygen atoms in total. The van der Waals surface area contributed by atoms with Crippen molar-refractivity contribution >= 4 is 15.9 Å². The monoisotopic (exact) mass is 337 g/mol. The number of aryl methyl sites for hydroxylation is 2. The van der Waals surface area contributed by atoms with Crippen LogP contribution in [0.3, 0.4) is 0 Å². The molecule has 2 aromatic heterocycles. The molecule has 2 heterocycles. The van der Waals surface area contributed by atoms with Crippen molar-refractivity contribution < 1.29 is 0 Å². The van der Waals surface area contributed by atoms with Gasteiger partial charge in [0, 0.05) is 37.3 Å². The largest absolute Gasteiger partial charge is 0.271 e. The van der Waals surface area contributed by atoms with E-state index in [4.69, 9.17) is 5.84 Å². The van der Waals surface area contributed by atoms with Gasteiger partial charge in [0.05, 0.1) is 15.9 Å². The van der Waals surface area contributed by atoms with Crippen LogP contribution in [0.1, 0.15) is 24.0 Å². The van der Waals surface area contributed by atoms with Crippen molar-refractivity contribution in [1.82, 2.24) is 20.2 Å². The Balaban J connectivity index is 2.14. The van der Waals surface area contributed by atoms with E-state index in [-0.39, 0.29) is 6.04 Å². The minimum atomic E-state index is 0.127. The van der Waals surface area contributed by atoms with Gasteiger partial charge in [-0.3, -0.25) is 20.9 Å². The van der Waals surface area contributed by atoms with Crippen molar-refractivity contribution in [1.29, 1.82) is 0 Å². The molecule has 0 spiro atoms. The van der Waals surface area contributed by atoms with Crippen LogP contribution in [0.5, 0.6) is 0 Å². The first-order chi connectivity index (χ1) is 9.65. The van der Waals surface area contributed by atoms with Crippen LogP contribution in [0.2, 0.25) is 0 Å². The molecule has 108 valence electrons. The van der Waals surface area contributed by atoms with Crippen LogP contribution in [-0.2, 0) is 19.4 Å². The molecule has 0 bridgehead atoms. The zero-order valence-electron chi connectivity index (χ0n) is 11.8. The lowest BCUT2D eigenvalue weighted by Crippen LogP contribution is -2.39. The second kappa shape index (κ2) is 6.97. The highest BCUT2D eigenvalue weighted by molar-refractivity contribution is 9.10. The van der Waals surface area contributed by atoms with E-state index in [1.807, 2.05) is 29.8 Å². The Labute approximate surface area is 127 Å². The van der Waals surface area contributed by atoms with Gasteiger partial charge >= 0.3 is 0 Å². The minimum Gasteiger partial charge on any atom is -0.271 e. The zero-order valence-corrected chi connectivity index (χ0v) is 13.4. The molecular formula is C14H20BrN5. The summed E-state index contributed by atoms with van der Waals surface area (Å²) in [5, 5.41) is 4.51. The molecule has 0 saturated heterocycles.